The molecule has 0 unspecified atom stereocenters. The van der Waals surface area contributed by atoms with Crippen molar-refractivity contribution in [2.24, 2.45) is 4.99 Å². The Hall–Kier alpha value is -2.03. The third-order valence-corrected chi connectivity index (χ3v) is 3.64. The molecule has 26 heavy (non-hydrogen) atoms. The number of guanidine groups is 1. The quantitative estimate of drug-likeness (QED) is 0.269. The number of nitrogens with one attached hydrogen (secondary N) is 2. The van der Waals surface area contributed by atoms with Crippen LogP contribution in [0.1, 0.15) is 11.1 Å². The van der Waals surface area contributed by atoms with Gasteiger partial charge in [-0.1, -0.05) is 17.7 Å². The zero-order valence-corrected chi connectivity index (χ0v) is 17.8. The lowest BCUT2D eigenvalue weighted by Gasteiger charge is -2.14. The van der Waals surface area contributed by atoms with Gasteiger partial charge in [-0.2, -0.15) is 0 Å². The normalized spacial score (nSPS) is 10.7. The van der Waals surface area contributed by atoms with E-state index in [1.165, 1.54) is 11.1 Å². The number of aromatic nitrogens is 1. The van der Waals surface area contributed by atoms with E-state index in [0.717, 1.165) is 30.4 Å². The van der Waals surface area contributed by atoms with Crippen LogP contribution in [0, 0.1) is 6.92 Å². The molecule has 2 N–H and O–H groups in total. The fourth-order valence-electron chi connectivity index (χ4n) is 2.41. The molecule has 0 saturated carbocycles. The minimum Gasteiger partial charge on any atom is -0.496 e. The zero-order valence-electron chi connectivity index (χ0n) is 15.5. The van der Waals surface area contributed by atoms with Crippen molar-refractivity contribution in [3.63, 3.8) is 0 Å². The van der Waals surface area contributed by atoms with Crippen LogP contribution in [-0.2, 0) is 6.42 Å². The maximum Gasteiger partial charge on any atom is 0.191 e. The Labute approximate surface area is 172 Å². The van der Waals surface area contributed by atoms with Gasteiger partial charge in [0, 0.05) is 19.8 Å². The summed E-state index contributed by atoms with van der Waals surface area (Å²) in [6, 6.07) is 9.95. The predicted octanol–water partition coefficient (Wildman–Crippen LogP) is 2.80. The van der Waals surface area contributed by atoms with Crippen molar-refractivity contribution < 1.29 is 9.47 Å². The van der Waals surface area contributed by atoms with Crippen LogP contribution in [0.25, 0.3) is 0 Å². The van der Waals surface area contributed by atoms with Crippen molar-refractivity contribution in [2.45, 2.75) is 13.3 Å². The van der Waals surface area contributed by atoms with E-state index in [-0.39, 0.29) is 24.0 Å². The second-order valence-corrected chi connectivity index (χ2v) is 5.53. The second kappa shape index (κ2) is 12.3. The Morgan fingerprint density at radius 1 is 1.19 bits per heavy atom. The Bertz CT molecular complexity index is 680. The van der Waals surface area contributed by atoms with E-state index in [2.05, 4.69) is 39.7 Å². The molecule has 0 atom stereocenters. The van der Waals surface area contributed by atoms with E-state index in [9.17, 15) is 0 Å². The molecule has 2 aromatic rings. The van der Waals surface area contributed by atoms with Crippen molar-refractivity contribution in [1.29, 1.82) is 0 Å². The summed E-state index contributed by atoms with van der Waals surface area (Å²) in [5, 5.41) is 6.53. The zero-order chi connectivity index (χ0) is 17.9. The molecule has 0 aliphatic heterocycles. The Balaban J connectivity index is 0.00000338. The first-order valence-electron chi connectivity index (χ1n) is 8.34. The molecule has 0 spiro atoms. The van der Waals surface area contributed by atoms with Gasteiger partial charge >= 0.3 is 0 Å². The number of ether oxygens (including phenoxy) is 2. The van der Waals surface area contributed by atoms with Gasteiger partial charge in [-0.25, -0.2) is 0 Å². The number of nitrogens with zero attached hydrogens (tertiary/aromatic N) is 2. The van der Waals surface area contributed by atoms with Gasteiger partial charge in [-0.15, -0.1) is 24.0 Å². The highest BCUT2D eigenvalue weighted by molar-refractivity contribution is 14.0. The van der Waals surface area contributed by atoms with Crippen molar-refractivity contribution in [2.75, 3.05) is 33.9 Å². The van der Waals surface area contributed by atoms with Gasteiger partial charge in [0.15, 0.2) is 5.96 Å². The maximum absolute atomic E-state index is 5.59. The van der Waals surface area contributed by atoms with Crippen LogP contribution < -0.4 is 20.1 Å². The van der Waals surface area contributed by atoms with E-state index >= 15 is 0 Å². The summed E-state index contributed by atoms with van der Waals surface area (Å²) in [5.74, 6) is 2.43. The predicted molar refractivity (Wildman–Crippen MR) is 116 cm³/mol. The highest BCUT2D eigenvalue weighted by Gasteiger charge is 2.04. The largest absolute Gasteiger partial charge is 0.496 e. The van der Waals surface area contributed by atoms with Crippen LogP contribution in [0.15, 0.2) is 47.7 Å². The number of aliphatic imine (C=N–C) groups is 1. The number of pyridine rings is 1. The standard InChI is InChI=1S/C19H26N4O2.HI/c1-15-6-7-18(24-3)16(13-15)8-10-22-19(20-2)23-11-12-25-17-5-4-9-21-14-17;/h4-7,9,13-14H,8,10-12H2,1-3H3,(H2,20,22,23);1H. The molecule has 0 saturated heterocycles. The lowest BCUT2D eigenvalue weighted by molar-refractivity contribution is 0.320. The fourth-order valence-corrected chi connectivity index (χ4v) is 2.41. The van der Waals surface area contributed by atoms with Gasteiger partial charge in [0.1, 0.15) is 18.1 Å². The van der Waals surface area contributed by atoms with Gasteiger partial charge < -0.3 is 20.1 Å². The minimum atomic E-state index is 0. The summed E-state index contributed by atoms with van der Waals surface area (Å²) in [6.45, 7) is 4.04. The van der Waals surface area contributed by atoms with Crippen molar-refractivity contribution >= 4 is 29.9 Å². The van der Waals surface area contributed by atoms with Crippen LogP contribution in [-0.4, -0.2) is 44.8 Å². The number of benzene rings is 1. The SMILES string of the molecule is CN=C(NCCOc1cccnc1)NCCc1cc(C)ccc1OC.I. The topological polar surface area (TPSA) is 67.8 Å². The molecule has 6 nitrogen and oxygen atoms in total. The van der Waals surface area contributed by atoms with Crippen LogP contribution in [0.2, 0.25) is 0 Å². The van der Waals surface area contributed by atoms with E-state index in [4.69, 9.17) is 9.47 Å². The first-order chi connectivity index (χ1) is 12.2. The van der Waals surface area contributed by atoms with Crippen molar-refractivity contribution in [3.05, 3.63) is 53.9 Å². The smallest absolute Gasteiger partial charge is 0.191 e. The first kappa shape index (κ1) is 22.0. The Kier molecular flexibility index (Phi) is 10.5. The van der Waals surface area contributed by atoms with Gasteiger partial charge in [-0.05, 0) is 37.1 Å². The van der Waals surface area contributed by atoms with E-state index < -0.39 is 0 Å². The van der Waals surface area contributed by atoms with E-state index in [0.29, 0.717) is 13.2 Å². The van der Waals surface area contributed by atoms with Gasteiger partial charge in [0.05, 0.1) is 19.9 Å². The molecule has 1 aromatic heterocycles. The van der Waals surface area contributed by atoms with Gasteiger partial charge in [0.25, 0.3) is 0 Å². The summed E-state index contributed by atoms with van der Waals surface area (Å²) >= 11 is 0. The van der Waals surface area contributed by atoms with Crippen LogP contribution >= 0.6 is 24.0 Å². The maximum atomic E-state index is 5.59. The average Bonchev–Trinajstić information content (AvgIpc) is 2.64. The van der Waals surface area contributed by atoms with Gasteiger partial charge in [0.2, 0.25) is 0 Å². The van der Waals surface area contributed by atoms with E-state index in [1.807, 2.05) is 18.2 Å². The molecule has 1 heterocycles. The Morgan fingerprint density at radius 3 is 2.69 bits per heavy atom. The lowest BCUT2D eigenvalue weighted by atomic mass is 10.1. The number of rotatable bonds is 8. The molecule has 7 heteroatoms. The number of halogens is 1. The molecule has 142 valence electrons. The summed E-state index contributed by atoms with van der Waals surface area (Å²) < 4.78 is 11.0. The van der Waals surface area contributed by atoms with Gasteiger partial charge in [-0.3, -0.25) is 9.98 Å². The summed E-state index contributed by atoms with van der Waals surface area (Å²) in [6.07, 6.45) is 4.28. The number of hydrogen-bond acceptors (Lipinski definition) is 4. The fraction of sp³-hybridized carbons (Fsp3) is 0.368. The molecule has 0 radical (unpaired) electrons. The first-order valence-corrected chi connectivity index (χ1v) is 8.34. The highest BCUT2D eigenvalue weighted by Crippen LogP contribution is 2.19. The number of methoxy groups -OCH3 is 1. The molecule has 0 bridgehead atoms. The number of aryl methyl sites for hydroxylation is 1. The number of hydrogen-bond donors (Lipinski definition) is 2. The summed E-state index contributed by atoms with van der Waals surface area (Å²) in [4.78, 5) is 8.23. The molecular weight excluding hydrogens is 443 g/mol. The molecule has 1 aromatic carbocycles. The second-order valence-electron chi connectivity index (χ2n) is 5.53. The van der Waals surface area contributed by atoms with Crippen LogP contribution in [0.5, 0.6) is 11.5 Å². The average molecular weight is 470 g/mol. The third-order valence-electron chi connectivity index (χ3n) is 3.64. The Morgan fingerprint density at radius 2 is 2.00 bits per heavy atom. The molecular formula is C19H27IN4O2. The summed E-state index contributed by atoms with van der Waals surface area (Å²) in [5.41, 5.74) is 2.41. The van der Waals surface area contributed by atoms with Crippen molar-refractivity contribution in [1.82, 2.24) is 15.6 Å². The minimum absolute atomic E-state index is 0. The third kappa shape index (κ3) is 7.47. The lowest BCUT2D eigenvalue weighted by Crippen LogP contribution is -2.40. The summed E-state index contributed by atoms with van der Waals surface area (Å²) in [7, 11) is 3.45. The molecule has 0 fully saturated rings. The van der Waals surface area contributed by atoms with Crippen LogP contribution in [0.4, 0.5) is 0 Å². The molecule has 0 amide bonds. The highest BCUT2D eigenvalue weighted by atomic mass is 127. The molecule has 0 aliphatic rings. The monoisotopic (exact) mass is 470 g/mol. The van der Waals surface area contributed by atoms with E-state index in [1.54, 1.807) is 26.6 Å². The van der Waals surface area contributed by atoms with Crippen molar-refractivity contribution in [3.8, 4) is 11.5 Å². The molecule has 2 rings (SSSR count). The molecule has 0 aliphatic carbocycles. The van der Waals surface area contributed by atoms with Crippen LogP contribution in [0.3, 0.4) is 0 Å².